The van der Waals surface area contributed by atoms with Gasteiger partial charge in [0, 0.05) is 71.5 Å². The number of aromatic nitrogens is 2. The number of rotatable bonds is 6. The maximum absolute atomic E-state index is 13.3. The number of hydrogen-bond donors (Lipinski definition) is 0. The number of carbonyl (C=O) groups excluding carboxylic acids is 1. The van der Waals surface area contributed by atoms with Crippen LogP contribution >= 0.6 is 0 Å². The number of amides is 1. The molecule has 3 heterocycles. The highest BCUT2D eigenvalue weighted by Gasteiger charge is 2.54. The number of aryl methyl sites for hydroxylation is 1. The fourth-order valence-corrected chi connectivity index (χ4v) is 6.88. The first kappa shape index (κ1) is 22.2. The summed E-state index contributed by atoms with van der Waals surface area (Å²) in [6, 6.07) is 0. The van der Waals surface area contributed by atoms with E-state index in [9.17, 15) is 13.2 Å². The predicted molar refractivity (Wildman–Crippen MR) is 113 cm³/mol. The average Bonchev–Trinajstić information content (AvgIpc) is 3.11. The molecule has 2 saturated heterocycles. The van der Waals surface area contributed by atoms with Crippen LogP contribution in [0.25, 0.3) is 0 Å². The third kappa shape index (κ3) is 4.67. The molecular formula is C20H35N5O3S. The van der Waals surface area contributed by atoms with Gasteiger partial charge in [0.2, 0.25) is 15.9 Å². The van der Waals surface area contributed by atoms with Gasteiger partial charge in [-0.2, -0.15) is 5.10 Å². The van der Waals surface area contributed by atoms with Gasteiger partial charge in [-0.3, -0.25) is 14.4 Å². The summed E-state index contributed by atoms with van der Waals surface area (Å²) >= 11 is 0. The SMILES string of the molecule is CC(C)CS(=O)(=O)N1CCC[C@@]2(C(=O)N(C)C)CN(Cc3cnn(C)c3)C[C@H]2C1. The van der Waals surface area contributed by atoms with Crippen LogP contribution in [0.2, 0.25) is 0 Å². The number of hydrogen-bond acceptors (Lipinski definition) is 5. The highest BCUT2D eigenvalue weighted by Crippen LogP contribution is 2.44. The Kier molecular flexibility index (Phi) is 6.41. The molecule has 0 saturated carbocycles. The summed E-state index contributed by atoms with van der Waals surface area (Å²) in [5, 5.41) is 4.24. The van der Waals surface area contributed by atoms with Crippen molar-refractivity contribution in [3.63, 3.8) is 0 Å². The summed E-state index contributed by atoms with van der Waals surface area (Å²) in [7, 11) is 2.18. The van der Waals surface area contributed by atoms with E-state index in [1.165, 1.54) is 0 Å². The highest BCUT2D eigenvalue weighted by molar-refractivity contribution is 7.89. The average molecular weight is 426 g/mol. The predicted octanol–water partition coefficient (Wildman–Crippen LogP) is 1.01. The summed E-state index contributed by atoms with van der Waals surface area (Å²) in [5.74, 6) is 0.369. The lowest BCUT2D eigenvalue weighted by molar-refractivity contribution is -0.141. The van der Waals surface area contributed by atoms with E-state index in [1.54, 1.807) is 28.0 Å². The smallest absolute Gasteiger partial charge is 0.229 e. The quantitative estimate of drug-likeness (QED) is 0.680. The molecular weight excluding hydrogens is 390 g/mol. The van der Waals surface area contributed by atoms with Crippen molar-refractivity contribution in [2.45, 2.75) is 33.2 Å². The van der Waals surface area contributed by atoms with Crippen LogP contribution in [0.15, 0.2) is 12.4 Å². The summed E-state index contributed by atoms with van der Waals surface area (Å²) in [6.07, 6.45) is 5.29. The fourth-order valence-electron chi connectivity index (χ4n) is 5.01. The molecule has 0 spiro atoms. The van der Waals surface area contributed by atoms with Crippen LogP contribution < -0.4 is 0 Å². The van der Waals surface area contributed by atoms with E-state index in [4.69, 9.17) is 0 Å². The van der Waals surface area contributed by atoms with E-state index in [0.29, 0.717) is 26.1 Å². The summed E-state index contributed by atoms with van der Waals surface area (Å²) in [4.78, 5) is 17.3. The molecule has 0 aromatic carbocycles. The van der Waals surface area contributed by atoms with Gasteiger partial charge in [0.1, 0.15) is 0 Å². The number of likely N-dealkylation sites (tertiary alicyclic amines) is 1. The zero-order valence-corrected chi connectivity index (χ0v) is 19.2. The molecule has 3 rings (SSSR count). The lowest BCUT2D eigenvalue weighted by Gasteiger charge is -2.35. The Labute approximate surface area is 174 Å². The van der Waals surface area contributed by atoms with Crippen LogP contribution in [-0.4, -0.2) is 84.2 Å². The number of sulfonamides is 1. The van der Waals surface area contributed by atoms with Gasteiger partial charge >= 0.3 is 0 Å². The molecule has 0 N–H and O–H groups in total. The molecule has 2 aliphatic rings. The van der Waals surface area contributed by atoms with E-state index in [1.807, 2.05) is 33.3 Å². The van der Waals surface area contributed by atoms with Crippen LogP contribution in [0.3, 0.4) is 0 Å². The monoisotopic (exact) mass is 425 g/mol. The van der Waals surface area contributed by atoms with Gasteiger partial charge in [-0.05, 0) is 18.8 Å². The van der Waals surface area contributed by atoms with Crippen molar-refractivity contribution in [1.82, 2.24) is 23.9 Å². The van der Waals surface area contributed by atoms with Gasteiger partial charge < -0.3 is 4.90 Å². The molecule has 0 bridgehead atoms. The van der Waals surface area contributed by atoms with E-state index in [-0.39, 0.29) is 23.5 Å². The molecule has 2 fully saturated rings. The van der Waals surface area contributed by atoms with Gasteiger partial charge in [0.05, 0.1) is 17.4 Å². The maximum atomic E-state index is 13.3. The second-order valence-corrected chi connectivity index (χ2v) is 11.4. The van der Waals surface area contributed by atoms with Gasteiger partial charge in [0.15, 0.2) is 0 Å². The zero-order valence-electron chi connectivity index (χ0n) is 18.3. The second-order valence-electron chi connectivity index (χ2n) is 9.38. The summed E-state index contributed by atoms with van der Waals surface area (Å²) in [6.45, 7) is 6.92. The Balaban J connectivity index is 1.86. The lowest BCUT2D eigenvalue weighted by atomic mass is 9.74. The van der Waals surface area contributed by atoms with Gasteiger partial charge in [0.25, 0.3) is 0 Å². The maximum Gasteiger partial charge on any atom is 0.229 e. The van der Waals surface area contributed by atoms with Crippen LogP contribution in [0.4, 0.5) is 0 Å². The molecule has 9 heteroatoms. The molecule has 2 atom stereocenters. The Morgan fingerprint density at radius 2 is 2.07 bits per heavy atom. The molecule has 0 aliphatic carbocycles. The van der Waals surface area contributed by atoms with Crippen molar-refractivity contribution in [1.29, 1.82) is 0 Å². The third-order valence-electron chi connectivity index (χ3n) is 6.15. The van der Waals surface area contributed by atoms with E-state index in [2.05, 4.69) is 10.00 Å². The second kappa shape index (κ2) is 8.35. The molecule has 0 radical (unpaired) electrons. The highest BCUT2D eigenvalue weighted by atomic mass is 32.2. The fraction of sp³-hybridized carbons (Fsp3) is 0.800. The first-order chi connectivity index (χ1) is 13.5. The molecule has 8 nitrogen and oxygen atoms in total. The molecule has 2 aliphatic heterocycles. The lowest BCUT2D eigenvalue weighted by Crippen LogP contribution is -2.47. The van der Waals surface area contributed by atoms with E-state index < -0.39 is 15.4 Å². The number of nitrogens with zero attached hydrogens (tertiary/aromatic N) is 5. The van der Waals surface area contributed by atoms with Crippen LogP contribution in [0.1, 0.15) is 32.3 Å². The summed E-state index contributed by atoms with van der Waals surface area (Å²) < 4.78 is 29.3. The van der Waals surface area contributed by atoms with Crippen LogP contribution in [0, 0.1) is 17.3 Å². The Morgan fingerprint density at radius 3 is 2.66 bits per heavy atom. The number of carbonyl (C=O) groups is 1. The Bertz CT molecular complexity index is 835. The minimum absolute atomic E-state index is 0.00138. The minimum Gasteiger partial charge on any atom is -0.348 e. The van der Waals surface area contributed by atoms with Crippen molar-refractivity contribution in [2.75, 3.05) is 46.0 Å². The zero-order chi connectivity index (χ0) is 21.4. The Morgan fingerprint density at radius 1 is 1.34 bits per heavy atom. The standard InChI is InChI=1S/C20H35N5O3S/c1-16(2)14-29(27,28)25-8-6-7-20(19(26)22(3)4)15-24(12-18(20)13-25)11-17-9-21-23(5)10-17/h9-10,16,18H,6-8,11-15H2,1-5H3/t18-,20+/m0/s1. The molecule has 1 aromatic rings. The van der Waals surface area contributed by atoms with Crippen molar-refractivity contribution in [2.24, 2.45) is 24.3 Å². The molecule has 164 valence electrons. The van der Waals surface area contributed by atoms with Crippen molar-refractivity contribution >= 4 is 15.9 Å². The van der Waals surface area contributed by atoms with Crippen LogP contribution in [-0.2, 0) is 28.4 Å². The van der Waals surface area contributed by atoms with Gasteiger partial charge in [-0.25, -0.2) is 12.7 Å². The van der Waals surface area contributed by atoms with Gasteiger partial charge in [-0.1, -0.05) is 13.8 Å². The normalized spacial score (nSPS) is 26.5. The topological polar surface area (TPSA) is 78.8 Å². The molecule has 1 amide bonds. The number of fused-ring (bicyclic) bond motifs is 1. The first-order valence-corrected chi connectivity index (χ1v) is 12.0. The molecule has 1 aromatic heterocycles. The largest absolute Gasteiger partial charge is 0.348 e. The summed E-state index contributed by atoms with van der Waals surface area (Å²) in [5.41, 5.74) is 0.592. The van der Waals surface area contributed by atoms with Crippen molar-refractivity contribution in [3.8, 4) is 0 Å². The van der Waals surface area contributed by atoms with Crippen molar-refractivity contribution < 1.29 is 13.2 Å². The molecule has 0 unspecified atom stereocenters. The Hall–Kier alpha value is -1.45. The van der Waals surface area contributed by atoms with E-state index in [0.717, 1.165) is 25.1 Å². The van der Waals surface area contributed by atoms with Gasteiger partial charge in [-0.15, -0.1) is 0 Å². The van der Waals surface area contributed by atoms with Crippen molar-refractivity contribution in [3.05, 3.63) is 18.0 Å². The third-order valence-corrected chi connectivity index (χ3v) is 8.36. The molecule has 29 heavy (non-hydrogen) atoms. The minimum atomic E-state index is -3.31. The van der Waals surface area contributed by atoms with E-state index >= 15 is 0 Å². The first-order valence-electron chi connectivity index (χ1n) is 10.4. The van der Waals surface area contributed by atoms with Crippen LogP contribution in [0.5, 0.6) is 0 Å².